The summed E-state index contributed by atoms with van der Waals surface area (Å²) in [6, 6.07) is 6.12. The van der Waals surface area contributed by atoms with Crippen molar-refractivity contribution in [3.05, 3.63) is 34.4 Å². The van der Waals surface area contributed by atoms with Gasteiger partial charge in [0.1, 0.15) is 18.5 Å². The first-order valence-corrected chi connectivity index (χ1v) is 4.24. The van der Waals surface area contributed by atoms with Crippen molar-refractivity contribution in [2.24, 2.45) is 0 Å². The molecule has 0 N–H and O–H groups in total. The maximum Gasteiger partial charge on any atom is 0.273 e. The van der Waals surface area contributed by atoms with Crippen LogP contribution in [0.15, 0.2) is 24.3 Å². The average molecular weight is 195 g/mol. The minimum atomic E-state index is -0.444. The van der Waals surface area contributed by atoms with Gasteiger partial charge in [-0.15, -0.1) is 0 Å². The topological polar surface area (TPSA) is 64.9 Å². The van der Waals surface area contributed by atoms with Crippen molar-refractivity contribution in [3.63, 3.8) is 0 Å². The minimum absolute atomic E-state index is 0.0409. The highest BCUT2D eigenvalue weighted by atomic mass is 16.6. The lowest BCUT2D eigenvalue weighted by Crippen LogP contribution is -2.04. The van der Waals surface area contributed by atoms with E-state index in [2.05, 4.69) is 0 Å². The summed E-state index contributed by atoms with van der Waals surface area (Å²) in [5.41, 5.74) is 0.0409. The van der Waals surface area contributed by atoms with E-state index in [1.807, 2.05) is 0 Å². The number of rotatable bonds is 4. The van der Waals surface area contributed by atoms with Gasteiger partial charge in [-0.2, -0.15) is 0 Å². The Balaban J connectivity index is 2.01. The Morgan fingerprint density at radius 1 is 1.64 bits per heavy atom. The van der Waals surface area contributed by atoms with Gasteiger partial charge in [0.05, 0.1) is 17.6 Å². The standard InChI is InChI=1S/C9H9NO4/c11-10(12)7-2-1-3-8(4-7)13-5-9-6-14-9/h1-4,9H,5-6H2/t9-/m1/s1. The number of epoxide rings is 1. The Hall–Kier alpha value is -1.62. The van der Waals surface area contributed by atoms with Crippen molar-refractivity contribution in [3.8, 4) is 5.75 Å². The molecular weight excluding hydrogens is 186 g/mol. The van der Waals surface area contributed by atoms with Crippen LogP contribution < -0.4 is 4.74 Å². The number of benzene rings is 1. The molecule has 0 radical (unpaired) electrons. The van der Waals surface area contributed by atoms with E-state index in [-0.39, 0.29) is 11.8 Å². The zero-order valence-corrected chi connectivity index (χ0v) is 7.38. The van der Waals surface area contributed by atoms with Gasteiger partial charge in [0.15, 0.2) is 0 Å². The third-order valence-electron chi connectivity index (χ3n) is 1.87. The molecule has 0 aliphatic carbocycles. The molecule has 1 aliphatic rings. The molecule has 2 rings (SSSR count). The van der Waals surface area contributed by atoms with E-state index < -0.39 is 4.92 Å². The average Bonchev–Trinajstić information content (AvgIpc) is 2.99. The Bertz CT molecular complexity index is 348. The molecule has 1 aromatic rings. The quantitative estimate of drug-likeness (QED) is 0.413. The van der Waals surface area contributed by atoms with Gasteiger partial charge in [-0.25, -0.2) is 0 Å². The Labute approximate surface area is 80.4 Å². The number of nitro benzene ring substituents is 1. The molecule has 1 aliphatic heterocycles. The van der Waals surface area contributed by atoms with E-state index in [1.165, 1.54) is 12.1 Å². The molecule has 14 heavy (non-hydrogen) atoms. The van der Waals surface area contributed by atoms with Gasteiger partial charge < -0.3 is 9.47 Å². The summed E-state index contributed by atoms with van der Waals surface area (Å²) in [5, 5.41) is 10.4. The van der Waals surface area contributed by atoms with Crippen molar-refractivity contribution < 1.29 is 14.4 Å². The van der Waals surface area contributed by atoms with Crippen LogP contribution in [-0.2, 0) is 4.74 Å². The van der Waals surface area contributed by atoms with Crippen LogP contribution in [-0.4, -0.2) is 24.2 Å². The van der Waals surface area contributed by atoms with Crippen LogP contribution in [0, 0.1) is 10.1 Å². The first kappa shape index (κ1) is 8.96. The molecule has 0 saturated carbocycles. The van der Waals surface area contributed by atoms with E-state index in [0.717, 1.165) is 6.61 Å². The highest BCUT2D eigenvalue weighted by molar-refractivity contribution is 5.37. The third kappa shape index (κ3) is 2.20. The largest absolute Gasteiger partial charge is 0.491 e. The number of ether oxygens (including phenoxy) is 2. The fourth-order valence-corrected chi connectivity index (χ4v) is 1.04. The number of hydrogen-bond acceptors (Lipinski definition) is 4. The predicted octanol–water partition coefficient (Wildman–Crippen LogP) is 1.37. The van der Waals surface area contributed by atoms with Crippen LogP contribution in [0.5, 0.6) is 5.75 Å². The van der Waals surface area contributed by atoms with Crippen LogP contribution in [0.4, 0.5) is 5.69 Å². The van der Waals surface area contributed by atoms with E-state index >= 15 is 0 Å². The maximum absolute atomic E-state index is 10.4. The van der Waals surface area contributed by atoms with Gasteiger partial charge in [-0.05, 0) is 6.07 Å². The van der Waals surface area contributed by atoms with Crippen LogP contribution >= 0.6 is 0 Å². The third-order valence-corrected chi connectivity index (χ3v) is 1.87. The van der Waals surface area contributed by atoms with Crippen LogP contribution in [0.1, 0.15) is 0 Å². The van der Waals surface area contributed by atoms with Gasteiger partial charge in [0, 0.05) is 6.07 Å². The van der Waals surface area contributed by atoms with Gasteiger partial charge in [-0.1, -0.05) is 6.07 Å². The first-order valence-electron chi connectivity index (χ1n) is 4.24. The predicted molar refractivity (Wildman–Crippen MR) is 48.3 cm³/mol. The van der Waals surface area contributed by atoms with E-state index in [1.54, 1.807) is 12.1 Å². The molecule has 5 nitrogen and oxygen atoms in total. The van der Waals surface area contributed by atoms with Crippen LogP contribution in [0.2, 0.25) is 0 Å². The van der Waals surface area contributed by atoms with Gasteiger partial charge >= 0.3 is 0 Å². The molecule has 0 spiro atoms. The molecule has 0 bridgehead atoms. The SMILES string of the molecule is O=[N+]([O-])c1cccc(OC[C@@H]2CO2)c1. The number of nitrogens with zero attached hydrogens (tertiary/aromatic N) is 1. The molecule has 74 valence electrons. The summed E-state index contributed by atoms with van der Waals surface area (Å²) < 4.78 is 10.2. The Morgan fingerprint density at radius 3 is 3.07 bits per heavy atom. The minimum Gasteiger partial charge on any atom is -0.491 e. The molecule has 1 heterocycles. The fourth-order valence-electron chi connectivity index (χ4n) is 1.04. The zero-order valence-electron chi connectivity index (χ0n) is 7.38. The zero-order chi connectivity index (χ0) is 9.97. The van der Waals surface area contributed by atoms with E-state index in [0.29, 0.717) is 12.4 Å². The number of non-ortho nitro benzene ring substituents is 1. The fraction of sp³-hybridized carbons (Fsp3) is 0.333. The molecule has 5 heteroatoms. The molecule has 0 amide bonds. The Morgan fingerprint density at radius 2 is 2.43 bits per heavy atom. The summed E-state index contributed by atoms with van der Waals surface area (Å²) in [4.78, 5) is 9.98. The second-order valence-corrected chi connectivity index (χ2v) is 3.02. The summed E-state index contributed by atoms with van der Waals surface area (Å²) in [6.45, 7) is 1.18. The first-order chi connectivity index (χ1) is 6.75. The lowest BCUT2D eigenvalue weighted by atomic mass is 10.3. The van der Waals surface area contributed by atoms with Gasteiger partial charge in [0.25, 0.3) is 5.69 Å². The van der Waals surface area contributed by atoms with Crippen LogP contribution in [0.3, 0.4) is 0 Å². The lowest BCUT2D eigenvalue weighted by Gasteiger charge is -2.02. The second kappa shape index (κ2) is 3.63. The molecular formula is C9H9NO4. The van der Waals surface area contributed by atoms with Crippen molar-refractivity contribution in [2.75, 3.05) is 13.2 Å². The monoisotopic (exact) mass is 195 g/mol. The molecule has 1 aromatic carbocycles. The molecule has 0 aromatic heterocycles. The smallest absolute Gasteiger partial charge is 0.273 e. The summed E-state index contributed by atoms with van der Waals surface area (Å²) in [5.74, 6) is 0.509. The second-order valence-electron chi connectivity index (χ2n) is 3.02. The van der Waals surface area contributed by atoms with Crippen molar-refractivity contribution in [1.29, 1.82) is 0 Å². The molecule has 1 fully saturated rings. The number of nitro groups is 1. The molecule has 0 unspecified atom stereocenters. The van der Waals surface area contributed by atoms with Crippen molar-refractivity contribution in [1.82, 2.24) is 0 Å². The molecule has 1 saturated heterocycles. The highest BCUT2D eigenvalue weighted by Crippen LogP contribution is 2.20. The summed E-state index contributed by atoms with van der Waals surface area (Å²) in [7, 11) is 0. The van der Waals surface area contributed by atoms with Gasteiger partial charge in [-0.3, -0.25) is 10.1 Å². The van der Waals surface area contributed by atoms with Crippen molar-refractivity contribution >= 4 is 5.69 Å². The van der Waals surface area contributed by atoms with Gasteiger partial charge in [0.2, 0.25) is 0 Å². The summed E-state index contributed by atoms with van der Waals surface area (Å²) >= 11 is 0. The van der Waals surface area contributed by atoms with Crippen LogP contribution in [0.25, 0.3) is 0 Å². The molecule has 1 atom stereocenters. The highest BCUT2D eigenvalue weighted by Gasteiger charge is 2.23. The van der Waals surface area contributed by atoms with Crippen molar-refractivity contribution in [2.45, 2.75) is 6.10 Å². The normalized spacial score (nSPS) is 19.0. The summed E-state index contributed by atoms with van der Waals surface area (Å²) in [6.07, 6.45) is 0.161. The van der Waals surface area contributed by atoms with E-state index in [4.69, 9.17) is 9.47 Å². The lowest BCUT2D eigenvalue weighted by molar-refractivity contribution is -0.384. The maximum atomic E-state index is 10.4. The number of hydrogen-bond donors (Lipinski definition) is 0. The van der Waals surface area contributed by atoms with E-state index in [9.17, 15) is 10.1 Å². The Kier molecular flexibility index (Phi) is 2.32.